The number of hydrogen-bond donors (Lipinski definition) is 2. The molecular formula is C16H26N4O. The Bertz CT molecular complexity index is 491. The van der Waals surface area contributed by atoms with E-state index in [9.17, 15) is 4.79 Å². The number of nitrogens with one attached hydrogen (secondary N) is 1. The normalized spacial score (nSPS) is 21.2. The van der Waals surface area contributed by atoms with Crippen LogP contribution >= 0.6 is 0 Å². The van der Waals surface area contributed by atoms with E-state index in [2.05, 4.69) is 22.2 Å². The Labute approximate surface area is 127 Å². The molecule has 1 aliphatic rings. The highest BCUT2D eigenvalue weighted by atomic mass is 16.2. The molecule has 5 heteroatoms. The lowest BCUT2D eigenvalue weighted by Gasteiger charge is -2.38. The van der Waals surface area contributed by atoms with Crippen molar-refractivity contribution in [2.45, 2.75) is 31.8 Å². The van der Waals surface area contributed by atoms with E-state index in [4.69, 9.17) is 5.73 Å². The summed E-state index contributed by atoms with van der Waals surface area (Å²) >= 11 is 0. The summed E-state index contributed by atoms with van der Waals surface area (Å²) in [6.07, 6.45) is 2.33. The molecule has 21 heavy (non-hydrogen) atoms. The van der Waals surface area contributed by atoms with Gasteiger partial charge in [-0.15, -0.1) is 0 Å². The van der Waals surface area contributed by atoms with Crippen LogP contribution in [0.3, 0.4) is 0 Å². The number of benzene rings is 1. The molecular weight excluding hydrogens is 264 g/mol. The van der Waals surface area contributed by atoms with Gasteiger partial charge in [-0.05, 0) is 52.5 Å². The first-order chi connectivity index (χ1) is 9.99. The van der Waals surface area contributed by atoms with Gasteiger partial charge in [0.05, 0.1) is 17.4 Å². The molecule has 5 nitrogen and oxygen atoms in total. The van der Waals surface area contributed by atoms with Gasteiger partial charge in [0.2, 0.25) is 5.91 Å². The van der Waals surface area contributed by atoms with Gasteiger partial charge in [0.15, 0.2) is 0 Å². The maximum absolute atomic E-state index is 12.4. The minimum Gasteiger partial charge on any atom is -0.397 e. The van der Waals surface area contributed by atoms with Gasteiger partial charge in [0.25, 0.3) is 0 Å². The second-order valence-electron chi connectivity index (χ2n) is 5.98. The Morgan fingerprint density at radius 1 is 1.48 bits per heavy atom. The highest BCUT2D eigenvalue weighted by molar-refractivity contribution is 5.97. The van der Waals surface area contributed by atoms with Gasteiger partial charge >= 0.3 is 0 Å². The molecule has 1 saturated heterocycles. The van der Waals surface area contributed by atoms with E-state index >= 15 is 0 Å². The zero-order valence-corrected chi connectivity index (χ0v) is 13.2. The molecule has 0 aliphatic carbocycles. The molecule has 0 aromatic heterocycles. The summed E-state index contributed by atoms with van der Waals surface area (Å²) in [5.74, 6) is -0.0105. The molecule has 0 spiro atoms. The number of para-hydroxylation sites is 2. The van der Waals surface area contributed by atoms with E-state index < -0.39 is 0 Å². The summed E-state index contributed by atoms with van der Waals surface area (Å²) in [6, 6.07) is 7.60. The number of hydrogen-bond acceptors (Lipinski definition) is 4. The van der Waals surface area contributed by atoms with Crippen molar-refractivity contribution >= 4 is 17.3 Å². The van der Waals surface area contributed by atoms with Crippen LogP contribution in [-0.2, 0) is 4.79 Å². The number of carbonyl (C=O) groups excluding carboxylic acids is 1. The van der Waals surface area contributed by atoms with Crippen LogP contribution in [0.5, 0.6) is 0 Å². The predicted molar refractivity (Wildman–Crippen MR) is 87.2 cm³/mol. The van der Waals surface area contributed by atoms with Crippen molar-refractivity contribution in [3.63, 3.8) is 0 Å². The smallest absolute Gasteiger partial charge is 0.241 e. The van der Waals surface area contributed by atoms with Crippen LogP contribution in [0.2, 0.25) is 0 Å². The Kier molecular flexibility index (Phi) is 5.20. The maximum atomic E-state index is 12.4. The number of nitrogens with zero attached hydrogens (tertiary/aromatic N) is 2. The number of anilines is 2. The number of carbonyl (C=O) groups is 1. The fourth-order valence-electron chi connectivity index (χ4n) is 2.82. The van der Waals surface area contributed by atoms with Gasteiger partial charge < -0.3 is 16.0 Å². The molecule has 2 atom stereocenters. The topological polar surface area (TPSA) is 61.6 Å². The molecule has 116 valence electrons. The third-order valence-corrected chi connectivity index (χ3v) is 4.38. The van der Waals surface area contributed by atoms with Crippen molar-refractivity contribution in [3.8, 4) is 0 Å². The molecule has 1 fully saturated rings. The van der Waals surface area contributed by atoms with Crippen LogP contribution in [0, 0.1) is 0 Å². The van der Waals surface area contributed by atoms with Crippen LogP contribution in [0.1, 0.15) is 19.8 Å². The fourth-order valence-corrected chi connectivity index (χ4v) is 2.82. The van der Waals surface area contributed by atoms with Crippen molar-refractivity contribution in [1.29, 1.82) is 0 Å². The van der Waals surface area contributed by atoms with Crippen LogP contribution in [-0.4, -0.2) is 55.0 Å². The summed E-state index contributed by atoms with van der Waals surface area (Å²) in [6.45, 7) is 4.11. The van der Waals surface area contributed by atoms with Gasteiger partial charge in [-0.3, -0.25) is 9.69 Å². The van der Waals surface area contributed by atoms with Crippen LogP contribution in [0.4, 0.5) is 11.4 Å². The molecule has 2 rings (SSSR count). The number of amides is 1. The molecule has 1 amide bonds. The van der Waals surface area contributed by atoms with Crippen molar-refractivity contribution in [3.05, 3.63) is 24.3 Å². The van der Waals surface area contributed by atoms with Gasteiger partial charge in [-0.2, -0.15) is 0 Å². The summed E-state index contributed by atoms with van der Waals surface area (Å²) in [5, 5.41) is 2.92. The first-order valence-corrected chi connectivity index (χ1v) is 7.55. The summed E-state index contributed by atoms with van der Waals surface area (Å²) in [5.41, 5.74) is 7.15. The lowest BCUT2D eigenvalue weighted by atomic mass is 10.0. The van der Waals surface area contributed by atoms with E-state index in [0.29, 0.717) is 17.4 Å². The summed E-state index contributed by atoms with van der Waals surface area (Å²) in [7, 11) is 4.16. The molecule has 1 aliphatic heterocycles. The lowest BCUT2D eigenvalue weighted by Crippen LogP contribution is -2.51. The third-order valence-electron chi connectivity index (χ3n) is 4.38. The van der Waals surface area contributed by atoms with Gasteiger partial charge in [0, 0.05) is 12.6 Å². The number of piperidine rings is 1. The van der Waals surface area contributed by atoms with Crippen molar-refractivity contribution < 1.29 is 4.79 Å². The zero-order chi connectivity index (χ0) is 15.4. The Morgan fingerprint density at radius 3 is 2.86 bits per heavy atom. The summed E-state index contributed by atoms with van der Waals surface area (Å²) in [4.78, 5) is 16.9. The molecule has 0 bridgehead atoms. The van der Waals surface area contributed by atoms with E-state index in [1.807, 2.05) is 32.2 Å². The first kappa shape index (κ1) is 15.8. The number of likely N-dealkylation sites (tertiary alicyclic amines) is 1. The highest BCUT2D eigenvalue weighted by Crippen LogP contribution is 2.19. The largest absolute Gasteiger partial charge is 0.397 e. The highest BCUT2D eigenvalue weighted by Gasteiger charge is 2.27. The summed E-state index contributed by atoms with van der Waals surface area (Å²) < 4.78 is 0. The van der Waals surface area contributed by atoms with Crippen LogP contribution < -0.4 is 11.1 Å². The number of nitrogens with two attached hydrogens (primary N) is 1. The van der Waals surface area contributed by atoms with Gasteiger partial charge in [-0.1, -0.05) is 12.1 Å². The lowest BCUT2D eigenvalue weighted by molar-refractivity contribution is -0.121. The van der Waals surface area contributed by atoms with E-state index in [1.54, 1.807) is 6.07 Å². The quantitative estimate of drug-likeness (QED) is 0.827. The second kappa shape index (κ2) is 6.91. The monoisotopic (exact) mass is 290 g/mol. The van der Waals surface area contributed by atoms with E-state index in [-0.39, 0.29) is 11.9 Å². The maximum Gasteiger partial charge on any atom is 0.241 e. The second-order valence-corrected chi connectivity index (χ2v) is 5.98. The number of rotatable bonds is 4. The Hall–Kier alpha value is -1.59. The standard InChI is InChI=1S/C16H26N4O/c1-12(20(3)13-7-6-10-19(2)11-13)16(21)18-15-9-5-4-8-14(15)17/h4-5,8-9,12-13H,6-7,10-11,17H2,1-3H3,(H,18,21). The molecule has 1 heterocycles. The molecule has 1 aromatic rings. The Morgan fingerprint density at radius 2 is 2.19 bits per heavy atom. The van der Waals surface area contributed by atoms with Crippen molar-refractivity contribution in [1.82, 2.24) is 9.80 Å². The number of likely N-dealkylation sites (N-methyl/N-ethyl adjacent to an activating group) is 2. The Balaban J connectivity index is 1.97. The third kappa shape index (κ3) is 3.95. The molecule has 2 unspecified atom stereocenters. The van der Waals surface area contributed by atoms with Gasteiger partial charge in [-0.25, -0.2) is 0 Å². The first-order valence-electron chi connectivity index (χ1n) is 7.55. The minimum atomic E-state index is -0.180. The van der Waals surface area contributed by atoms with Crippen molar-refractivity contribution in [2.75, 3.05) is 38.2 Å². The average Bonchev–Trinajstić information content (AvgIpc) is 2.48. The minimum absolute atomic E-state index is 0.0105. The van der Waals surface area contributed by atoms with E-state index in [1.165, 1.54) is 6.42 Å². The molecule has 0 radical (unpaired) electrons. The average molecular weight is 290 g/mol. The van der Waals surface area contributed by atoms with Crippen LogP contribution in [0.15, 0.2) is 24.3 Å². The van der Waals surface area contributed by atoms with Crippen molar-refractivity contribution in [2.24, 2.45) is 0 Å². The molecule has 0 saturated carbocycles. The molecule has 1 aromatic carbocycles. The predicted octanol–water partition coefficient (Wildman–Crippen LogP) is 1.62. The van der Waals surface area contributed by atoms with Gasteiger partial charge in [0.1, 0.15) is 0 Å². The SMILES string of the molecule is CC(C(=O)Nc1ccccc1N)N(C)C1CCCN(C)C1. The fraction of sp³-hybridized carbons (Fsp3) is 0.562. The zero-order valence-electron chi connectivity index (χ0n) is 13.2. The molecule has 3 N–H and O–H groups in total. The number of nitrogen functional groups attached to an aromatic ring is 1. The van der Waals surface area contributed by atoms with E-state index in [0.717, 1.165) is 19.5 Å². The van der Waals surface area contributed by atoms with Crippen LogP contribution in [0.25, 0.3) is 0 Å².